The van der Waals surface area contributed by atoms with E-state index in [1.807, 2.05) is 6.92 Å². The van der Waals surface area contributed by atoms with Gasteiger partial charge in [-0.15, -0.1) is 0 Å². The molecule has 1 aromatic rings. The van der Waals surface area contributed by atoms with Crippen molar-refractivity contribution in [3.8, 4) is 0 Å². The van der Waals surface area contributed by atoms with Crippen LogP contribution in [0.5, 0.6) is 0 Å². The number of likely N-dealkylation sites (tertiary alicyclic amines) is 1. The van der Waals surface area contributed by atoms with Crippen molar-refractivity contribution in [3.63, 3.8) is 0 Å². The van der Waals surface area contributed by atoms with Crippen LogP contribution in [-0.4, -0.2) is 40.0 Å². The molecular weight excluding hydrogens is 326 g/mol. The van der Waals surface area contributed by atoms with Crippen LogP contribution < -0.4 is 15.4 Å². The molecule has 24 heavy (non-hydrogen) atoms. The first-order valence-electron chi connectivity index (χ1n) is 8.62. The molecule has 7 heteroatoms. The Balaban J connectivity index is 1.79. The molecule has 0 unspecified atom stereocenters. The highest BCUT2D eigenvalue weighted by molar-refractivity contribution is 7.89. The topological polar surface area (TPSA) is 93.7 Å². The predicted molar refractivity (Wildman–Crippen MR) is 93.2 cm³/mol. The highest BCUT2D eigenvalue weighted by Gasteiger charge is 2.25. The van der Waals surface area contributed by atoms with Gasteiger partial charge in [-0.25, -0.2) is 13.6 Å². The van der Waals surface area contributed by atoms with Crippen molar-refractivity contribution in [2.45, 2.75) is 50.0 Å². The number of benzene rings is 1. The smallest absolute Gasteiger partial charge is 0.278 e. The summed E-state index contributed by atoms with van der Waals surface area (Å²) in [7, 11) is -3.65. The predicted octanol–water partition coefficient (Wildman–Crippen LogP) is -0.160. The lowest BCUT2D eigenvalue weighted by atomic mass is 10.1. The molecule has 1 aromatic carbocycles. The van der Waals surface area contributed by atoms with Gasteiger partial charge in [-0.1, -0.05) is 12.1 Å². The highest BCUT2D eigenvalue weighted by atomic mass is 32.2. The number of quaternary nitrogens is 1. The number of hydrogen-bond acceptors (Lipinski definition) is 3. The van der Waals surface area contributed by atoms with Gasteiger partial charge in [0.1, 0.15) is 0 Å². The van der Waals surface area contributed by atoms with E-state index in [4.69, 9.17) is 5.14 Å². The number of nitrogens with two attached hydrogens (primary N) is 1. The maximum atomic E-state index is 12.3. The zero-order chi connectivity index (χ0) is 17.6. The van der Waals surface area contributed by atoms with E-state index in [1.54, 1.807) is 12.1 Å². The van der Waals surface area contributed by atoms with Gasteiger partial charge in [-0.05, 0) is 56.7 Å². The number of rotatable bonds is 6. The van der Waals surface area contributed by atoms with E-state index in [1.165, 1.54) is 42.7 Å². The van der Waals surface area contributed by atoms with E-state index in [0.29, 0.717) is 13.0 Å². The molecule has 2 rings (SSSR count). The molecule has 0 bridgehead atoms. The van der Waals surface area contributed by atoms with Crippen LogP contribution >= 0.6 is 0 Å². The molecule has 0 saturated carbocycles. The summed E-state index contributed by atoms with van der Waals surface area (Å²) < 4.78 is 22.4. The SMILES string of the molecule is C[C@@H](C(=O)NCCc1ccc(S(N)(=O)=O)cc1)[NH+]1CCCCCC1. The van der Waals surface area contributed by atoms with Gasteiger partial charge in [0.25, 0.3) is 5.91 Å². The Labute approximate surface area is 144 Å². The monoisotopic (exact) mass is 354 g/mol. The number of primary sulfonamides is 1. The molecule has 1 atom stereocenters. The molecule has 1 fully saturated rings. The maximum Gasteiger partial charge on any atom is 0.278 e. The highest BCUT2D eigenvalue weighted by Crippen LogP contribution is 2.08. The Kier molecular flexibility index (Phi) is 6.77. The van der Waals surface area contributed by atoms with E-state index < -0.39 is 10.0 Å². The summed E-state index contributed by atoms with van der Waals surface area (Å²) >= 11 is 0. The summed E-state index contributed by atoms with van der Waals surface area (Å²) in [5.41, 5.74) is 0.970. The van der Waals surface area contributed by atoms with Crippen molar-refractivity contribution in [1.82, 2.24) is 5.32 Å². The first-order chi connectivity index (χ1) is 11.4. The normalized spacial score (nSPS) is 17.9. The second kappa shape index (κ2) is 8.60. The average molecular weight is 354 g/mol. The fraction of sp³-hybridized carbons (Fsp3) is 0.588. The minimum Gasteiger partial charge on any atom is -0.351 e. The molecule has 0 aromatic heterocycles. The summed E-state index contributed by atoms with van der Waals surface area (Å²) in [6, 6.07) is 6.44. The molecule has 1 saturated heterocycles. The van der Waals surface area contributed by atoms with Gasteiger partial charge in [0.2, 0.25) is 10.0 Å². The van der Waals surface area contributed by atoms with E-state index >= 15 is 0 Å². The fourth-order valence-electron chi connectivity index (χ4n) is 3.13. The second-order valence-electron chi connectivity index (χ2n) is 6.52. The van der Waals surface area contributed by atoms with Crippen LogP contribution in [0.2, 0.25) is 0 Å². The first-order valence-corrected chi connectivity index (χ1v) is 10.2. The molecule has 0 radical (unpaired) electrons. The standard InChI is InChI=1S/C17H27N3O3S/c1-14(20-12-4-2-3-5-13-20)17(21)19-11-10-15-6-8-16(9-7-15)24(18,22)23/h6-9,14H,2-5,10-13H2,1H3,(H,19,21)(H2,18,22,23)/p+1/t14-/m0/s1. The van der Waals surface area contributed by atoms with Crippen molar-refractivity contribution in [2.75, 3.05) is 19.6 Å². The number of carbonyl (C=O) groups is 1. The third-order valence-electron chi connectivity index (χ3n) is 4.72. The first kappa shape index (κ1) is 18.9. The molecule has 1 heterocycles. The van der Waals surface area contributed by atoms with Gasteiger partial charge in [-0.2, -0.15) is 0 Å². The average Bonchev–Trinajstić information content (AvgIpc) is 2.83. The van der Waals surface area contributed by atoms with Gasteiger partial charge < -0.3 is 10.2 Å². The molecule has 6 nitrogen and oxygen atoms in total. The molecular formula is C17H28N3O3S+. The summed E-state index contributed by atoms with van der Waals surface area (Å²) in [5, 5.41) is 8.07. The van der Waals surface area contributed by atoms with E-state index in [-0.39, 0.29) is 16.8 Å². The molecule has 1 amide bonds. The van der Waals surface area contributed by atoms with Crippen LogP contribution in [0.15, 0.2) is 29.2 Å². The lowest BCUT2D eigenvalue weighted by Crippen LogP contribution is -3.16. The van der Waals surface area contributed by atoms with Gasteiger partial charge in [-0.3, -0.25) is 4.79 Å². The zero-order valence-corrected chi connectivity index (χ0v) is 15.1. The van der Waals surface area contributed by atoms with Crippen molar-refractivity contribution >= 4 is 15.9 Å². The molecule has 1 aliphatic heterocycles. The van der Waals surface area contributed by atoms with Crippen LogP contribution in [-0.2, 0) is 21.2 Å². The second-order valence-corrected chi connectivity index (χ2v) is 8.09. The minimum atomic E-state index is -3.65. The van der Waals surface area contributed by atoms with Crippen molar-refractivity contribution in [2.24, 2.45) is 5.14 Å². The Morgan fingerprint density at radius 2 is 1.75 bits per heavy atom. The number of carbonyl (C=O) groups excluding carboxylic acids is 1. The number of amides is 1. The third-order valence-corrected chi connectivity index (χ3v) is 5.65. The molecule has 1 aliphatic rings. The third kappa shape index (κ3) is 5.58. The molecule has 4 N–H and O–H groups in total. The Morgan fingerprint density at radius 1 is 1.17 bits per heavy atom. The number of sulfonamides is 1. The number of nitrogens with one attached hydrogen (secondary N) is 2. The number of hydrogen-bond donors (Lipinski definition) is 3. The van der Waals surface area contributed by atoms with Gasteiger partial charge >= 0.3 is 0 Å². The zero-order valence-electron chi connectivity index (χ0n) is 14.3. The summed E-state index contributed by atoms with van der Waals surface area (Å²) in [6.45, 7) is 4.69. The van der Waals surface area contributed by atoms with Gasteiger partial charge in [0.05, 0.1) is 18.0 Å². The van der Waals surface area contributed by atoms with Crippen LogP contribution in [0.3, 0.4) is 0 Å². The molecule has 134 valence electrons. The molecule has 0 aliphatic carbocycles. The van der Waals surface area contributed by atoms with Gasteiger partial charge in [0.15, 0.2) is 6.04 Å². The molecule has 0 spiro atoms. The van der Waals surface area contributed by atoms with E-state index in [0.717, 1.165) is 18.7 Å². The summed E-state index contributed by atoms with van der Waals surface area (Å²) in [5.74, 6) is 0.0908. The minimum absolute atomic E-state index is 0.0205. The van der Waals surface area contributed by atoms with Crippen LogP contribution in [0.4, 0.5) is 0 Å². The van der Waals surface area contributed by atoms with E-state index in [2.05, 4.69) is 5.32 Å². The summed E-state index contributed by atoms with van der Waals surface area (Å²) in [4.78, 5) is 13.8. The van der Waals surface area contributed by atoms with Crippen LogP contribution in [0.1, 0.15) is 38.2 Å². The fourth-order valence-corrected chi connectivity index (χ4v) is 3.65. The maximum absolute atomic E-state index is 12.3. The van der Waals surface area contributed by atoms with Crippen LogP contribution in [0, 0.1) is 0 Å². The van der Waals surface area contributed by atoms with Crippen LogP contribution in [0.25, 0.3) is 0 Å². The summed E-state index contributed by atoms with van der Waals surface area (Å²) in [6.07, 6.45) is 5.60. The largest absolute Gasteiger partial charge is 0.351 e. The van der Waals surface area contributed by atoms with Crippen molar-refractivity contribution < 1.29 is 18.1 Å². The van der Waals surface area contributed by atoms with Gasteiger partial charge in [0, 0.05) is 6.54 Å². The lowest BCUT2D eigenvalue weighted by molar-refractivity contribution is -0.913. The van der Waals surface area contributed by atoms with Crippen molar-refractivity contribution in [3.05, 3.63) is 29.8 Å². The lowest BCUT2D eigenvalue weighted by Gasteiger charge is -2.23. The Bertz CT molecular complexity index is 636. The Morgan fingerprint density at radius 3 is 2.29 bits per heavy atom. The Hall–Kier alpha value is -1.44. The van der Waals surface area contributed by atoms with Crippen molar-refractivity contribution in [1.29, 1.82) is 0 Å². The quantitative estimate of drug-likeness (QED) is 0.663. The van der Waals surface area contributed by atoms with E-state index in [9.17, 15) is 13.2 Å².